The first-order valence-electron chi connectivity index (χ1n) is 17.9. The molecule has 11 rings (SSSR count). The predicted octanol–water partition coefficient (Wildman–Crippen LogP) is 13.5. The van der Waals surface area contributed by atoms with Gasteiger partial charge in [0.05, 0.1) is 0 Å². The Morgan fingerprint density at radius 3 is 1.53 bits per heavy atom. The lowest BCUT2D eigenvalue weighted by molar-refractivity contribution is 1.08. The summed E-state index contributed by atoms with van der Waals surface area (Å²) in [6, 6.07) is 62.7. The van der Waals surface area contributed by atoms with Gasteiger partial charge in [0, 0.05) is 36.9 Å². The number of rotatable bonds is 5. The van der Waals surface area contributed by atoms with E-state index in [-0.39, 0.29) is 0 Å². The lowest BCUT2D eigenvalue weighted by Crippen LogP contribution is -2.00. The molecule has 0 aliphatic rings. The molecule has 0 atom stereocenters. The van der Waals surface area contributed by atoms with Crippen LogP contribution in [0.5, 0.6) is 0 Å². The van der Waals surface area contributed by atoms with Crippen LogP contribution in [0, 0.1) is 0 Å². The van der Waals surface area contributed by atoms with Crippen LogP contribution in [0.15, 0.2) is 176 Å². The largest absolute Gasteiger partial charge is 0.208 e. The summed E-state index contributed by atoms with van der Waals surface area (Å²) < 4.78 is 2.46. The van der Waals surface area contributed by atoms with Crippen molar-refractivity contribution in [3.63, 3.8) is 0 Å². The van der Waals surface area contributed by atoms with E-state index in [1.807, 2.05) is 47.7 Å². The minimum Gasteiger partial charge on any atom is -0.208 e. The highest BCUT2D eigenvalue weighted by molar-refractivity contribution is 7.26. The molecule has 2 heterocycles. The summed E-state index contributed by atoms with van der Waals surface area (Å²) in [6.45, 7) is 0. The first-order chi connectivity index (χ1) is 26.3. The Bertz CT molecular complexity index is 3080. The van der Waals surface area contributed by atoms with Crippen molar-refractivity contribution in [2.45, 2.75) is 0 Å². The Balaban J connectivity index is 1.07. The Morgan fingerprint density at radius 2 is 0.830 bits per heavy atom. The molecule has 0 saturated carbocycles. The molecule has 0 aliphatic heterocycles. The molecule has 3 nitrogen and oxygen atoms in total. The SMILES string of the molecule is c1ccc(-c2nc(-c3ccccc3)nc(-c3ccc(-c4ccc(-c5ccc6ccc7cccc8ccc5c6c78)cc4)c4sc5ccccc5c34)n2)cc1. The standard InChI is InChI=1S/C49H29N3S/c1-3-10-35(11-4-1)47-50-48(36-12-5-2-6-13-36)52-49(51-47)41-29-28-38(46-45(41)40-16-7-8-17-42(40)53-46)31-20-18-30(19-21-31)37-26-24-34-23-22-32-14-9-15-33-25-27-39(37)44(34)43(32)33/h1-29H. The van der Waals surface area contributed by atoms with E-state index in [1.54, 1.807) is 0 Å². The molecule has 0 aliphatic carbocycles. The van der Waals surface area contributed by atoms with Crippen LogP contribution in [-0.2, 0) is 0 Å². The topological polar surface area (TPSA) is 38.7 Å². The number of thiophene rings is 1. The van der Waals surface area contributed by atoms with Crippen molar-refractivity contribution >= 4 is 63.8 Å². The van der Waals surface area contributed by atoms with Crippen LogP contribution < -0.4 is 0 Å². The quantitative estimate of drug-likeness (QED) is 0.169. The minimum atomic E-state index is 0.661. The van der Waals surface area contributed by atoms with Crippen LogP contribution in [0.4, 0.5) is 0 Å². The molecule has 9 aromatic carbocycles. The van der Waals surface area contributed by atoms with Crippen molar-refractivity contribution in [3.8, 4) is 56.4 Å². The summed E-state index contributed by atoms with van der Waals surface area (Å²) >= 11 is 1.83. The summed E-state index contributed by atoms with van der Waals surface area (Å²) in [5.41, 5.74) is 7.77. The summed E-state index contributed by atoms with van der Waals surface area (Å²) in [4.78, 5) is 15.2. The van der Waals surface area contributed by atoms with Gasteiger partial charge in [-0.1, -0.05) is 164 Å². The average Bonchev–Trinajstić information content (AvgIpc) is 3.63. The highest BCUT2D eigenvalue weighted by Crippen LogP contribution is 2.45. The van der Waals surface area contributed by atoms with Gasteiger partial charge in [0.25, 0.3) is 0 Å². The average molecular weight is 692 g/mol. The van der Waals surface area contributed by atoms with Gasteiger partial charge in [-0.05, 0) is 66.7 Å². The molecule has 246 valence electrons. The zero-order valence-corrected chi connectivity index (χ0v) is 29.3. The smallest absolute Gasteiger partial charge is 0.164 e. The van der Waals surface area contributed by atoms with Gasteiger partial charge >= 0.3 is 0 Å². The third-order valence-electron chi connectivity index (χ3n) is 10.5. The molecule has 0 radical (unpaired) electrons. The second kappa shape index (κ2) is 11.9. The van der Waals surface area contributed by atoms with Crippen molar-refractivity contribution in [2.24, 2.45) is 0 Å². The number of fused-ring (bicyclic) bond motifs is 3. The van der Waals surface area contributed by atoms with Crippen LogP contribution in [0.2, 0.25) is 0 Å². The zero-order valence-electron chi connectivity index (χ0n) is 28.5. The maximum atomic E-state index is 5.12. The van der Waals surface area contributed by atoms with Gasteiger partial charge < -0.3 is 0 Å². The molecule has 0 unspecified atom stereocenters. The first-order valence-corrected chi connectivity index (χ1v) is 18.7. The third kappa shape index (κ3) is 4.84. The van der Waals surface area contributed by atoms with E-state index >= 15 is 0 Å². The van der Waals surface area contributed by atoms with Crippen LogP contribution in [0.1, 0.15) is 0 Å². The fourth-order valence-electron chi connectivity index (χ4n) is 7.99. The highest BCUT2D eigenvalue weighted by Gasteiger charge is 2.20. The van der Waals surface area contributed by atoms with Crippen molar-refractivity contribution in [3.05, 3.63) is 176 Å². The van der Waals surface area contributed by atoms with Gasteiger partial charge in [0.2, 0.25) is 0 Å². The lowest BCUT2D eigenvalue weighted by Gasteiger charge is -2.15. The van der Waals surface area contributed by atoms with Gasteiger partial charge in [0.1, 0.15) is 0 Å². The summed E-state index contributed by atoms with van der Waals surface area (Å²) in [5, 5.41) is 10.2. The van der Waals surface area contributed by atoms with Crippen LogP contribution in [-0.4, -0.2) is 15.0 Å². The molecule has 0 amide bonds. The van der Waals surface area contributed by atoms with Gasteiger partial charge in [-0.25, -0.2) is 15.0 Å². The zero-order chi connectivity index (χ0) is 34.9. The summed E-state index contributed by atoms with van der Waals surface area (Å²) in [7, 11) is 0. The van der Waals surface area contributed by atoms with Crippen molar-refractivity contribution < 1.29 is 0 Å². The normalized spacial score (nSPS) is 11.8. The number of hydrogen-bond acceptors (Lipinski definition) is 4. The fourth-order valence-corrected chi connectivity index (χ4v) is 9.25. The molecule has 0 spiro atoms. The van der Waals surface area contributed by atoms with E-state index in [0.717, 1.165) is 16.7 Å². The molecular weight excluding hydrogens is 663 g/mol. The molecule has 53 heavy (non-hydrogen) atoms. The number of aromatic nitrogens is 3. The van der Waals surface area contributed by atoms with E-state index < -0.39 is 0 Å². The fraction of sp³-hybridized carbons (Fsp3) is 0. The molecule has 4 heteroatoms. The molecule has 2 aromatic heterocycles. The van der Waals surface area contributed by atoms with Gasteiger partial charge in [0.15, 0.2) is 17.5 Å². The van der Waals surface area contributed by atoms with E-state index in [4.69, 9.17) is 15.0 Å². The van der Waals surface area contributed by atoms with E-state index in [2.05, 4.69) is 140 Å². The molecule has 0 fully saturated rings. The first kappa shape index (κ1) is 29.9. The monoisotopic (exact) mass is 691 g/mol. The van der Waals surface area contributed by atoms with Gasteiger partial charge in [-0.15, -0.1) is 11.3 Å². The lowest BCUT2D eigenvalue weighted by atomic mass is 9.89. The summed E-state index contributed by atoms with van der Waals surface area (Å²) in [6.07, 6.45) is 0. The van der Waals surface area contributed by atoms with E-state index in [1.165, 1.54) is 74.7 Å². The van der Waals surface area contributed by atoms with Gasteiger partial charge in [-0.2, -0.15) is 0 Å². The van der Waals surface area contributed by atoms with Crippen LogP contribution in [0.3, 0.4) is 0 Å². The van der Waals surface area contributed by atoms with E-state index in [0.29, 0.717) is 17.5 Å². The minimum absolute atomic E-state index is 0.661. The van der Waals surface area contributed by atoms with Crippen molar-refractivity contribution in [1.82, 2.24) is 15.0 Å². The highest BCUT2D eigenvalue weighted by atomic mass is 32.1. The van der Waals surface area contributed by atoms with Crippen molar-refractivity contribution in [1.29, 1.82) is 0 Å². The van der Waals surface area contributed by atoms with E-state index in [9.17, 15) is 0 Å². The Kier molecular flexibility index (Phi) is 6.73. The van der Waals surface area contributed by atoms with Crippen LogP contribution >= 0.6 is 11.3 Å². The maximum Gasteiger partial charge on any atom is 0.164 e. The van der Waals surface area contributed by atoms with Crippen LogP contribution in [0.25, 0.3) is 109 Å². The molecule has 11 aromatic rings. The molecular formula is C49H29N3S. The third-order valence-corrected chi connectivity index (χ3v) is 11.7. The number of hydrogen-bond donors (Lipinski definition) is 0. The molecule has 0 saturated heterocycles. The summed E-state index contributed by atoms with van der Waals surface area (Å²) in [5.74, 6) is 1.99. The second-order valence-corrected chi connectivity index (χ2v) is 14.6. The Labute approximate surface area is 309 Å². The van der Waals surface area contributed by atoms with Gasteiger partial charge in [-0.3, -0.25) is 0 Å². The van der Waals surface area contributed by atoms with Crippen molar-refractivity contribution in [2.75, 3.05) is 0 Å². The molecule has 0 bridgehead atoms. The molecule has 0 N–H and O–H groups in total. The Morgan fingerprint density at radius 1 is 0.302 bits per heavy atom. The Hall–Kier alpha value is -6.75. The number of nitrogens with zero attached hydrogens (tertiary/aromatic N) is 3. The maximum absolute atomic E-state index is 5.12. The number of benzene rings is 9. The predicted molar refractivity (Wildman–Crippen MR) is 224 cm³/mol. The second-order valence-electron chi connectivity index (χ2n) is 13.5.